The zero-order chi connectivity index (χ0) is 15.6. The molecule has 2 aromatic carbocycles. The highest BCUT2D eigenvalue weighted by molar-refractivity contribution is 5.50. The summed E-state index contributed by atoms with van der Waals surface area (Å²) in [6.45, 7) is 6.10. The second kappa shape index (κ2) is 6.27. The minimum Gasteiger partial charge on any atom is -0.496 e. The lowest BCUT2D eigenvalue weighted by Crippen LogP contribution is -2.21. The summed E-state index contributed by atoms with van der Waals surface area (Å²) in [5.74, 6) is 0.607. The molecule has 0 saturated heterocycles. The average molecular weight is 287 g/mol. The zero-order valence-electron chi connectivity index (χ0n) is 13.3. The van der Waals surface area contributed by atoms with Gasteiger partial charge in [-0.05, 0) is 68.3 Å². The van der Waals surface area contributed by atoms with Gasteiger partial charge in [0.05, 0.1) is 13.2 Å². The molecule has 0 amide bonds. The summed E-state index contributed by atoms with van der Waals surface area (Å²) in [7, 11) is 3.55. The summed E-state index contributed by atoms with van der Waals surface area (Å²) in [4.78, 5) is 0. The van der Waals surface area contributed by atoms with E-state index in [0.717, 1.165) is 33.6 Å². The first-order valence-electron chi connectivity index (χ1n) is 7.06. The lowest BCUT2D eigenvalue weighted by atomic mass is 9.90. The number of nitrogens with one attached hydrogen (secondary N) is 1. The van der Waals surface area contributed by atoms with E-state index >= 15 is 0 Å². The summed E-state index contributed by atoms with van der Waals surface area (Å²) >= 11 is 0. The van der Waals surface area contributed by atoms with Gasteiger partial charge in [0.15, 0.2) is 0 Å². The lowest BCUT2D eigenvalue weighted by Gasteiger charge is -2.24. The van der Waals surface area contributed by atoms with Crippen LogP contribution in [0, 0.1) is 26.6 Å². The molecule has 1 atom stereocenters. The van der Waals surface area contributed by atoms with Crippen LogP contribution in [0.15, 0.2) is 30.3 Å². The van der Waals surface area contributed by atoms with Crippen molar-refractivity contribution in [3.8, 4) is 5.75 Å². The van der Waals surface area contributed by atoms with E-state index in [2.05, 4.69) is 18.3 Å². The molecule has 0 aliphatic carbocycles. The molecule has 2 aromatic rings. The van der Waals surface area contributed by atoms with Crippen LogP contribution in [-0.4, -0.2) is 14.2 Å². The van der Waals surface area contributed by atoms with Gasteiger partial charge in [0, 0.05) is 5.56 Å². The summed E-state index contributed by atoms with van der Waals surface area (Å²) < 4.78 is 19.2. The topological polar surface area (TPSA) is 21.3 Å². The van der Waals surface area contributed by atoms with Crippen LogP contribution in [0.5, 0.6) is 5.75 Å². The van der Waals surface area contributed by atoms with Gasteiger partial charge in [-0.1, -0.05) is 12.1 Å². The molecule has 1 unspecified atom stereocenters. The molecule has 112 valence electrons. The summed E-state index contributed by atoms with van der Waals surface area (Å²) in [6.07, 6.45) is 0. The Morgan fingerprint density at radius 3 is 2.38 bits per heavy atom. The second-order valence-corrected chi connectivity index (χ2v) is 5.42. The lowest BCUT2D eigenvalue weighted by molar-refractivity contribution is 0.404. The van der Waals surface area contributed by atoms with E-state index in [1.807, 2.05) is 33.0 Å². The van der Waals surface area contributed by atoms with Crippen LogP contribution in [0.2, 0.25) is 0 Å². The van der Waals surface area contributed by atoms with Crippen molar-refractivity contribution < 1.29 is 9.13 Å². The van der Waals surface area contributed by atoms with Crippen molar-refractivity contribution in [1.29, 1.82) is 0 Å². The summed E-state index contributed by atoms with van der Waals surface area (Å²) in [6, 6.07) is 8.93. The first kappa shape index (κ1) is 15.5. The average Bonchev–Trinajstić information content (AvgIpc) is 2.44. The largest absolute Gasteiger partial charge is 0.496 e. The molecule has 0 fully saturated rings. The van der Waals surface area contributed by atoms with Crippen molar-refractivity contribution >= 4 is 0 Å². The van der Waals surface area contributed by atoms with Gasteiger partial charge in [-0.15, -0.1) is 0 Å². The van der Waals surface area contributed by atoms with Crippen LogP contribution in [0.4, 0.5) is 4.39 Å². The molecule has 0 spiro atoms. The Morgan fingerprint density at radius 1 is 1.05 bits per heavy atom. The van der Waals surface area contributed by atoms with Gasteiger partial charge in [0.2, 0.25) is 0 Å². The predicted molar refractivity (Wildman–Crippen MR) is 84.5 cm³/mol. The molecule has 0 aliphatic rings. The third-order valence-electron chi connectivity index (χ3n) is 3.84. The minimum atomic E-state index is -0.223. The van der Waals surface area contributed by atoms with E-state index in [4.69, 9.17) is 4.74 Å². The fourth-order valence-corrected chi connectivity index (χ4v) is 2.86. The molecule has 0 aromatic heterocycles. The number of hydrogen-bond acceptors (Lipinski definition) is 2. The Kier molecular flexibility index (Phi) is 4.63. The van der Waals surface area contributed by atoms with Crippen molar-refractivity contribution in [3.05, 3.63) is 64.0 Å². The quantitative estimate of drug-likeness (QED) is 0.915. The molecule has 0 bridgehead atoms. The number of aryl methyl sites for hydroxylation is 3. The Balaban J connectivity index is 2.64. The Bertz CT molecular complexity index is 652. The van der Waals surface area contributed by atoms with Crippen LogP contribution in [0.3, 0.4) is 0 Å². The number of hydrogen-bond donors (Lipinski definition) is 1. The van der Waals surface area contributed by atoms with Crippen molar-refractivity contribution in [2.24, 2.45) is 0 Å². The molecular formula is C18H22FNO. The third-order valence-corrected chi connectivity index (χ3v) is 3.84. The number of benzene rings is 2. The molecule has 3 heteroatoms. The minimum absolute atomic E-state index is 0.101. The Labute approximate surface area is 126 Å². The van der Waals surface area contributed by atoms with Gasteiger partial charge < -0.3 is 10.1 Å². The second-order valence-electron chi connectivity index (χ2n) is 5.42. The maximum absolute atomic E-state index is 13.6. The summed E-state index contributed by atoms with van der Waals surface area (Å²) in [5, 5.41) is 3.29. The molecule has 0 saturated carbocycles. The van der Waals surface area contributed by atoms with E-state index in [-0.39, 0.29) is 11.9 Å². The third kappa shape index (κ3) is 3.08. The molecule has 2 rings (SSSR count). The molecule has 0 heterocycles. The van der Waals surface area contributed by atoms with Gasteiger partial charge in [0.1, 0.15) is 11.6 Å². The first-order chi connectivity index (χ1) is 9.97. The van der Waals surface area contributed by atoms with E-state index in [1.165, 1.54) is 6.07 Å². The number of rotatable bonds is 4. The first-order valence-corrected chi connectivity index (χ1v) is 7.06. The standard InChI is InChI=1S/C18H22FNO/c1-11-8-13(3)17(16(9-11)21-5)18(20-4)15-10-14(19)7-6-12(15)2/h6-10,18,20H,1-5H3. The molecule has 21 heavy (non-hydrogen) atoms. The predicted octanol–water partition coefficient (Wildman–Crippen LogP) is 4.07. The highest BCUT2D eigenvalue weighted by atomic mass is 19.1. The zero-order valence-corrected chi connectivity index (χ0v) is 13.3. The molecular weight excluding hydrogens is 265 g/mol. The normalized spacial score (nSPS) is 12.3. The van der Waals surface area contributed by atoms with Crippen LogP contribution in [0.25, 0.3) is 0 Å². The number of halogens is 1. The van der Waals surface area contributed by atoms with E-state index in [9.17, 15) is 4.39 Å². The van der Waals surface area contributed by atoms with E-state index in [1.54, 1.807) is 13.2 Å². The van der Waals surface area contributed by atoms with Crippen LogP contribution in [0.1, 0.15) is 33.9 Å². The monoisotopic (exact) mass is 287 g/mol. The Morgan fingerprint density at radius 2 is 1.76 bits per heavy atom. The fraction of sp³-hybridized carbons (Fsp3) is 0.333. The van der Waals surface area contributed by atoms with Crippen LogP contribution >= 0.6 is 0 Å². The van der Waals surface area contributed by atoms with E-state index < -0.39 is 0 Å². The van der Waals surface area contributed by atoms with Gasteiger partial charge >= 0.3 is 0 Å². The van der Waals surface area contributed by atoms with Crippen molar-refractivity contribution in [2.45, 2.75) is 26.8 Å². The van der Waals surface area contributed by atoms with Crippen molar-refractivity contribution in [3.63, 3.8) is 0 Å². The van der Waals surface area contributed by atoms with Crippen LogP contribution in [-0.2, 0) is 0 Å². The number of ether oxygens (including phenoxy) is 1. The van der Waals surface area contributed by atoms with Crippen LogP contribution < -0.4 is 10.1 Å². The Hall–Kier alpha value is -1.87. The van der Waals surface area contributed by atoms with Crippen molar-refractivity contribution in [2.75, 3.05) is 14.2 Å². The molecule has 1 N–H and O–H groups in total. The van der Waals surface area contributed by atoms with Gasteiger partial charge in [-0.3, -0.25) is 0 Å². The fourth-order valence-electron chi connectivity index (χ4n) is 2.86. The summed E-state index contributed by atoms with van der Waals surface area (Å²) in [5.41, 5.74) is 5.33. The SMILES string of the molecule is CNC(c1cc(F)ccc1C)c1c(C)cc(C)cc1OC. The smallest absolute Gasteiger partial charge is 0.124 e. The van der Waals surface area contributed by atoms with Crippen molar-refractivity contribution in [1.82, 2.24) is 5.32 Å². The van der Waals surface area contributed by atoms with Gasteiger partial charge in [0.25, 0.3) is 0 Å². The maximum atomic E-state index is 13.6. The molecule has 0 radical (unpaired) electrons. The molecule has 2 nitrogen and oxygen atoms in total. The highest BCUT2D eigenvalue weighted by Crippen LogP contribution is 2.35. The molecule has 0 aliphatic heterocycles. The highest BCUT2D eigenvalue weighted by Gasteiger charge is 2.21. The maximum Gasteiger partial charge on any atom is 0.124 e. The van der Waals surface area contributed by atoms with E-state index in [0.29, 0.717) is 0 Å². The van der Waals surface area contributed by atoms with Gasteiger partial charge in [-0.25, -0.2) is 4.39 Å². The van der Waals surface area contributed by atoms with Gasteiger partial charge in [-0.2, -0.15) is 0 Å². The number of methoxy groups -OCH3 is 1.